The molecule has 0 N–H and O–H groups in total. The highest BCUT2D eigenvalue weighted by Crippen LogP contribution is 2.38. The minimum atomic E-state index is 0.614. The van der Waals surface area contributed by atoms with Crippen molar-refractivity contribution in [1.82, 2.24) is 0 Å². The smallest absolute Gasteiger partial charge is 0.0114 e. The topological polar surface area (TPSA) is 0 Å². The first kappa shape index (κ1) is 12.2. The van der Waals surface area contributed by atoms with Crippen LogP contribution in [0.1, 0.15) is 37.0 Å². The summed E-state index contributed by atoms with van der Waals surface area (Å²) in [5.41, 5.74) is 7.36. The largest absolute Gasteiger partial charge is 0.0622 e. The third kappa shape index (κ3) is 2.23. The lowest BCUT2D eigenvalue weighted by molar-refractivity contribution is 0.704. The van der Waals surface area contributed by atoms with Crippen molar-refractivity contribution in [2.75, 3.05) is 0 Å². The van der Waals surface area contributed by atoms with Gasteiger partial charge >= 0.3 is 0 Å². The van der Waals surface area contributed by atoms with E-state index in [2.05, 4.69) is 68.4 Å². The molecule has 0 unspecified atom stereocenters. The lowest BCUT2D eigenvalue weighted by Crippen LogP contribution is -2.10. The van der Waals surface area contributed by atoms with E-state index in [0.29, 0.717) is 5.92 Å². The summed E-state index contributed by atoms with van der Waals surface area (Å²) in [6.07, 6.45) is 2.37. The van der Waals surface area contributed by atoms with Crippen LogP contribution in [0.3, 0.4) is 0 Å². The van der Waals surface area contributed by atoms with Crippen molar-refractivity contribution >= 4 is 5.57 Å². The van der Waals surface area contributed by atoms with Gasteiger partial charge in [0.1, 0.15) is 0 Å². The Bertz CT molecular complexity index is 603. The number of rotatable bonds is 2. The molecule has 1 aliphatic carbocycles. The van der Waals surface area contributed by atoms with Gasteiger partial charge in [-0.25, -0.2) is 0 Å². The Kier molecular flexibility index (Phi) is 3.25. The molecule has 0 aromatic heterocycles. The standard InChI is InChI=1S/C19H20/c1-14(2)17-13-12-15-8-6-7-11-18(15)19(17)16-9-4-3-5-10-16/h3-11,14H,12-13H2,1-2H3. The molecule has 2 aromatic carbocycles. The molecule has 2 aromatic rings. The van der Waals surface area contributed by atoms with Crippen molar-refractivity contribution in [1.29, 1.82) is 0 Å². The Hall–Kier alpha value is -1.82. The Morgan fingerprint density at radius 2 is 1.47 bits per heavy atom. The van der Waals surface area contributed by atoms with Crippen LogP contribution in [0.25, 0.3) is 5.57 Å². The van der Waals surface area contributed by atoms with E-state index >= 15 is 0 Å². The Morgan fingerprint density at radius 3 is 2.21 bits per heavy atom. The fraction of sp³-hybridized carbons (Fsp3) is 0.263. The van der Waals surface area contributed by atoms with Crippen molar-refractivity contribution in [3.8, 4) is 0 Å². The Balaban J connectivity index is 2.24. The second-order valence-corrected chi connectivity index (χ2v) is 5.58. The van der Waals surface area contributed by atoms with Gasteiger partial charge in [-0.15, -0.1) is 0 Å². The third-order valence-corrected chi connectivity index (χ3v) is 4.03. The lowest BCUT2D eigenvalue weighted by Gasteiger charge is -2.26. The molecular formula is C19H20. The molecule has 0 saturated heterocycles. The van der Waals surface area contributed by atoms with Gasteiger partial charge in [0.25, 0.3) is 0 Å². The summed E-state index contributed by atoms with van der Waals surface area (Å²) in [6, 6.07) is 19.7. The third-order valence-electron chi connectivity index (χ3n) is 4.03. The molecule has 0 aliphatic heterocycles. The predicted octanol–water partition coefficient (Wildman–Crippen LogP) is 5.09. The van der Waals surface area contributed by atoms with Gasteiger partial charge in [-0.1, -0.05) is 74.0 Å². The second kappa shape index (κ2) is 5.05. The first-order valence-corrected chi connectivity index (χ1v) is 7.14. The van der Waals surface area contributed by atoms with E-state index in [1.165, 1.54) is 35.1 Å². The van der Waals surface area contributed by atoms with E-state index in [1.54, 1.807) is 5.57 Å². The van der Waals surface area contributed by atoms with E-state index in [9.17, 15) is 0 Å². The molecule has 0 nitrogen and oxygen atoms in total. The van der Waals surface area contributed by atoms with Crippen molar-refractivity contribution in [3.05, 3.63) is 76.9 Å². The zero-order valence-electron chi connectivity index (χ0n) is 11.7. The van der Waals surface area contributed by atoms with Gasteiger partial charge in [-0.2, -0.15) is 0 Å². The van der Waals surface area contributed by atoms with E-state index in [0.717, 1.165) is 0 Å². The van der Waals surface area contributed by atoms with E-state index in [1.807, 2.05) is 0 Å². The normalized spacial score (nSPS) is 14.7. The van der Waals surface area contributed by atoms with Crippen molar-refractivity contribution in [2.45, 2.75) is 26.7 Å². The van der Waals surface area contributed by atoms with Gasteiger partial charge in [0.05, 0.1) is 0 Å². The van der Waals surface area contributed by atoms with Crippen LogP contribution in [0.2, 0.25) is 0 Å². The van der Waals surface area contributed by atoms with Gasteiger partial charge in [-0.05, 0) is 41.0 Å². The summed E-state index contributed by atoms with van der Waals surface area (Å²) < 4.78 is 0. The molecule has 0 heterocycles. The Labute approximate surface area is 115 Å². The zero-order chi connectivity index (χ0) is 13.2. The fourth-order valence-corrected chi connectivity index (χ4v) is 3.07. The van der Waals surface area contributed by atoms with Gasteiger partial charge in [0, 0.05) is 0 Å². The minimum absolute atomic E-state index is 0.614. The SMILES string of the molecule is CC(C)C1=C(c2ccccc2)c2ccccc2CC1. The van der Waals surface area contributed by atoms with Crippen LogP contribution in [0.15, 0.2) is 60.2 Å². The number of benzene rings is 2. The lowest BCUT2D eigenvalue weighted by atomic mass is 9.78. The number of fused-ring (bicyclic) bond motifs is 1. The van der Waals surface area contributed by atoms with Gasteiger partial charge in [0.2, 0.25) is 0 Å². The summed E-state index contributed by atoms with van der Waals surface area (Å²) in [5, 5.41) is 0. The van der Waals surface area contributed by atoms with Crippen LogP contribution >= 0.6 is 0 Å². The number of hydrogen-bond acceptors (Lipinski definition) is 0. The molecule has 0 saturated carbocycles. The highest BCUT2D eigenvalue weighted by atomic mass is 14.3. The second-order valence-electron chi connectivity index (χ2n) is 5.58. The van der Waals surface area contributed by atoms with Crippen LogP contribution < -0.4 is 0 Å². The van der Waals surface area contributed by atoms with Gasteiger partial charge in [-0.3, -0.25) is 0 Å². The molecule has 0 atom stereocenters. The average Bonchev–Trinajstić information content (AvgIpc) is 2.46. The highest BCUT2D eigenvalue weighted by Gasteiger charge is 2.21. The van der Waals surface area contributed by atoms with Crippen molar-refractivity contribution in [2.24, 2.45) is 5.92 Å². The number of allylic oxidation sites excluding steroid dienone is 1. The van der Waals surface area contributed by atoms with Crippen LogP contribution in [0, 0.1) is 5.92 Å². The molecular weight excluding hydrogens is 228 g/mol. The predicted molar refractivity (Wildman–Crippen MR) is 82.1 cm³/mol. The van der Waals surface area contributed by atoms with Crippen LogP contribution in [-0.4, -0.2) is 0 Å². The first-order chi connectivity index (χ1) is 9.27. The summed E-state index contributed by atoms with van der Waals surface area (Å²) in [7, 11) is 0. The summed E-state index contributed by atoms with van der Waals surface area (Å²) >= 11 is 0. The summed E-state index contributed by atoms with van der Waals surface area (Å²) in [6.45, 7) is 4.62. The van der Waals surface area contributed by atoms with E-state index in [-0.39, 0.29) is 0 Å². The highest BCUT2D eigenvalue weighted by molar-refractivity contribution is 5.85. The molecule has 1 aliphatic rings. The quantitative estimate of drug-likeness (QED) is 0.694. The minimum Gasteiger partial charge on any atom is -0.0622 e. The molecule has 3 rings (SSSR count). The number of aryl methyl sites for hydroxylation is 1. The maximum Gasteiger partial charge on any atom is -0.0114 e. The zero-order valence-corrected chi connectivity index (χ0v) is 11.7. The maximum absolute atomic E-state index is 2.31. The van der Waals surface area contributed by atoms with Crippen LogP contribution in [0.4, 0.5) is 0 Å². The van der Waals surface area contributed by atoms with Crippen LogP contribution in [-0.2, 0) is 6.42 Å². The van der Waals surface area contributed by atoms with Gasteiger partial charge < -0.3 is 0 Å². The summed E-state index contributed by atoms with van der Waals surface area (Å²) in [5.74, 6) is 0.614. The maximum atomic E-state index is 2.31. The average molecular weight is 248 g/mol. The molecule has 0 spiro atoms. The van der Waals surface area contributed by atoms with Crippen molar-refractivity contribution < 1.29 is 0 Å². The first-order valence-electron chi connectivity index (χ1n) is 7.14. The Morgan fingerprint density at radius 1 is 0.789 bits per heavy atom. The number of hydrogen-bond donors (Lipinski definition) is 0. The molecule has 0 fully saturated rings. The monoisotopic (exact) mass is 248 g/mol. The van der Waals surface area contributed by atoms with Gasteiger partial charge in [0.15, 0.2) is 0 Å². The molecule has 19 heavy (non-hydrogen) atoms. The molecule has 96 valence electrons. The molecule has 0 amide bonds. The van der Waals surface area contributed by atoms with E-state index in [4.69, 9.17) is 0 Å². The van der Waals surface area contributed by atoms with Crippen molar-refractivity contribution in [3.63, 3.8) is 0 Å². The van der Waals surface area contributed by atoms with Crippen LogP contribution in [0.5, 0.6) is 0 Å². The molecule has 0 radical (unpaired) electrons. The molecule has 0 heteroatoms. The summed E-state index contributed by atoms with van der Waals surface area (Å²) in [4.78, 5) is 0. The molecule has 0 bridgehead atoms. The fourth-order valence-electron chi connectivity index (χ4n) is 3.07. The van der Waals surface area contributed by atoms with E-state index < -0.39 is 0 Å².